The number of hydrogen-bond acceptors (Lipinski definition) is 8. The molecule has 3 aliphatic heterocycles. The van der Waals surface area contributed by atoms with Crippen LogP contribution in [0.3, 0.4) is 0 Å². The van der Waals surface area contributed by atoms with E-state index in [9.17, 15) is 19.2 Å². The molecule has 0 saturated heterocycles. The van der Waals surface area contributed by atoms with E-state index in [-0.39, 0.29) is 55.3 Å². The first-order valence-electron chi connectivity index (χ1n) is 16.3. The number of ether oxygens (including phenoxy) is 3. The summed E-state index contributed by atoms with van der Waals surface area (Å²) in [6, 6.07) is 18.5. The van der Waals surface area contributed by atoms with Gasteiger partial charge in [0.05, 0.1) is 44.0 Å². The molecular formula is C36H39N5O7. The number of anilines is 1. The summed E-state index contributed by atoms with van der Waals surface area (Å²) in [7, 11) is 1.58. The van der Waals surface area contributed by atoms with Gasteiger partial charge in [-0.25, -0.2) is 4.98 Å². The van der Waals surface area contributed by atoms with E-state index in [0.29, 0.717) is 79.2 Å². The van der Waals surface area contributed by atoms with Crippen LogP contribution in [0.4, 0.5) is 5.69 Å². The van der Waals surface area contributed by atoms with E-state index in [1.165, 1.54) is 10.9 Å². The first kappa shape index (κ1) is 32.5. The normalized spacial score (nSPS) is 17.1. The van der Waals surface area contributed by atoms with Crippen molar-refractivity contribution < 1.29 is 28.6 Å². The fraction of sp³-hybridized carbons (Fsp3) is 0.361. The third kappa shape index (κ3) is 7.59. The zero-order chi connectivity index (χ0) is 33.5. The molecule has 4 heterocycles. The van der Waals surface area contributed by atoms with Gasteiger partial charge in [0.1, 0.15) is 12.4 Å². The van der Waals surface area contributed by atoms with Gasteiger partial charge in [0.15, 0.2) is 11.5 Å². The number of methoxy groups -OCH3 is 1. The molecule has 0 aliphatic carbocycles. The molecule has 3 aromatic carbocycles. The number of fused-ring (bicyclic) bond motifs is 13. The summed E-state index contributed by atoms with van der Waals surface area (Å²) in [4.78, 5) is 57.7. The Morgan fingerprint density at radius 1 is 1.00 bits per heavy atom. The van der Waals surface area contributed by atoms with E-state index in [1.54, 1.807) is 36.3 Å². The number of carbonyl (C=O) groups excluding carboxylic acids is 3. The Balaban J connectivity index is 1.14. The van der Waals surface area contributed by atoms with E-state index in [4.69, 9.17) is 14.2 Å². The van der Waals surface area contributed by atoms with Crippen LogP contribution in [0, 0.1) is 0 Å². The second-order valence-corrected chi connectivity index (χ2v) is 11.9. The topological polar surface area (TPSA) is 141 Å². The Morgan fingerprint density at radius 2 is 1.88 bits per heavy atom. The maximum Gasteiger partial charge on any atom is 0.261 e. The third-order valence-electron chi connectivity index (χ3n) is 8.64. The standard InChI is InChI=1S/C36H39N5O7/c1-46-31-13-10-24-19-32(31)48-17-5-4-15-40(35(44)9-6-16-41-23-38-29-8-3-2-7-27(29)36(41)45)22-34(43)37-14-18-47-25-11-12-26-28(24)21-33(42)39-30(26)20-25/h2-3,7-8,10-13,19-20,23,28H,4-6,9,14-18,21-22H2,1H3,(H,37,43)(H,39,42). The molecule has 3 aliphatic rings. The van der Waals surface area contributed by atoms with E-state index in [1.807, 2.05) is 36.4 Å². The van der Waals surface area contributed by atoms with Crippen LogP contribution in [0.1, 0.15) is 49.1 Å². The Kier molecular flexibility index (Phi) is 10.2. The molecule has 0 saturated carbocycles. The summed E-state index contributed by atoms with van der Waals surface area (Å²) in [5, 5.41) is 6.32. The van der Waals surface area contributed by atoms with Crippen LogP contribution in [-0.2, 0) is 20.9 Å². The number of aromatic nitrogens is 2. The first-order chi connectivity index (χ1) is 23.4. The van der Waals surface area contributed by atoms with Gasteiger partial charge in [0.2, 0.25) is 17.7 Å². The number of hydrogen-bond donors (Lipinski definition) is 2. The van der Waals surface area contributed by atoms with Crippen molar-refractivity contribution in [1.29, 1.82) is 0 Å². The van der Waals surface area contributed by atoms with Gasteiger partial charge in [0, 0.05) is 43.6 Å². The molecule has 4 aromatic rings. The van der Waals surface area contributed by atoms with Crippen molar-refractivity contribution in [2.24, 2.45) is 0 Å². The lowest BCUT2D eigenvalue weighted by molar-refractivity contribution is -0.136. The fourth-order valence-corrected chi connectivity index (χ4v) is 6.15. The molecular weight excluding hydrogens is 614 g/mol. The molecule has 0 fully saturated rings. The lowest BCUT2D eigenvalue weighted by atomic mass is 9.84. The van der Waals surface area contributed by atoms with Gasteiger partial charge >= 0.3 is 0 Å². The molecule has 12 heteroatoms. The average molecular weight is 654 g/mol. The predicted molar refractivity (Wildman–Crippen MR) is 180 cm³/mol. The molecule has 48 heavy (non-hydrogen) atoms. The number of amides is 3. The van der Waals surface area contributed by atoms with Crippen molar-refractivity contribution in [3.63, 3.8) is 0 Å². The van der Waals surface area contributed by atoms with Crippen LogP contribution >= 0.6 is 0 Å². The van der Waals surface area contributed by atoms with E-state index >= 15 is 0 Å². The van der Waals surface area contributed by atoms with Gasteiger partial charge in [-0.1, -0.05) is 24.3 Å². The molecule has 250 valence electrons. The third-order valence-corrected chi connectivity index (χ3v) is 8.64. The Labute approximate surface area is 278 Å². The Bertz CT molecular complexity index is 1870. The van der Waals surface area contributed by atoms with Crippen molar-refractivity contribution in [1.82, 2.24) is 19.8 Å². The van der Waals surface area contributed by atoms with Crippen molar-refractivity contribution in [2.75, 3.05) is 45.3 Å². The summed E-state index contributed by atoms with van der Waals surface area (Å²) >= 11 is 0. The van der Waals surface area contributed by atoms with Crippen molar-refractivity contribution in [2.45, 2.75) is 44.6 Å². The molecule has 1 atom stereocenters. The molecule has 12 nitrogen and oxygen atoms in total. The largest absolute Gasteiger partial charge is 0.493 e. The quantitative estimate of drug-likeness (QED) is 0.310. The fourth-order valence-electron chi connectivity index (χ4n) is 6.15. The maximum atomic E-state index is 13.4. The van der Waals surface area contributed by atoms with Crippen molar-refractivity contribution in [3.05, 3.63) is 88.5 Å². The minimum absolute atomic E-state index is 0.0870. The zero-order valence-electron chi connectivity index (χ0n) is 26.9. The number of para-hydroxylation sites is 1. The molecule has 2 N–H and O–H groups in total. The van der Waals surface area contributed by atoms with Gasteiger partial charge in [-0.15, -0.1) is 0 Å². The molecule has 7 rings (SSSR count). The second-order valence-electron chi connectivity index (χ2n) is 11.9. The SMILES string of the molecule is COc1ccc2cc1OCCCCN(C(=O)CCCn1cnc3ccccc3c1=O)CC(=O)NCCOc1ccc3c(c1)NC(=O)CC23. The van der Waals surface area contributed by atoms with Gasteiger partial charge in [-0.2, -0.15) is 0 Å². The van der Waals surface area contributed by atoms with Crippen LogP contribution in [0.2, 0.25) is 0 Å². The monoisotopic (exact) mass is 653 g/mol. The highest BCUT2D eigenvalue weighted by atomic mass is 16.5. The van der Waals surface area contributed by atoms with E-state index < -0.39 is 0 Å². The Morgan fingerprint density at radius 3 is 2.75 bits per heavy atom. The first-order valence-corrected chi connectivity index (χ1v) is 16.3. The number of carbonyl (C=O) groups is 3. The van der Waals surface area contributed by atoms with Gasteiger partial charge in [-0.3, -0.25) is 23.7 Å². The maximum absolute atomic E-state index is 13.4. The van der Waals surface area contributed by atoms with Crippen LogP contribution in [0.5, 0.6) is 17.2 Å². The van der Waals surface area contributed by atoms with Crippen LogP contribution in [0.15, 0.2) is 71.8 Å². The van der Waals surface area contributed by atoms with E-state index in [2.05, 4.69) is 15.6 Å². The Hall–Kier alpha value is -5.39. The molecule has 1 unspecified atom stereocenters. The average Bonchev–Trinajstić information content (AvgIpc) is 3.09. The molecule has 1 aromatic heterocycles. The smallest absolute Gasteiger partial charge is 0.261 e. The lowest BCUT2D eigenvalue weighted by Crippen LogP contribution is -2.42. The second kappa shape index (κ2) is 15.0. The highest BCUT2D eigenvalue weighted by Gasteiger charge is 2.28. The highest BCUT2D eigenvalue weighted by molar-refractivity contribution is 5.95. The zero-order valence-corrected chi connectivity index (χ0v) is 26.9. The molecule has 3 amide bonds. The minimum Gasteiger partial charge on any atom is -0.493 e. The number of aryl methyl sites for hydroxylation is 1. The van der Waals surface area contributed by atoms with Crippen molar-refractivity contribution in [3.8, 4) is 17.2 Å². The van der Waals surface area contributed by atoms with Crippen LogP contribution < -0.4 is 30.4 Å². The number of rotatable bonds is 5. The van der Waals surface area contributed by atoms with Crippen LogP contribution in [-0.4, -0.2) is 72.1 Å². The summed E-state index contributed by atoms with van der Waals surface area (Å²) in [6.07, 6.45) is 3.63. The summed E-state index contributed by atoms with van der Waals surface area (Å²) in [6.45, 7) is 1.43. The number of benzene rings is 3. The minimum atomic E-state index is -0.297. The summed E-state index contributed by atoms with van der Waals surface area (Å²) < 4.78 is 19.1. The number of nitrogens with one attached hydrogen (secondary N) is 2. The highest BCUT2D eigenvalue weighted by Crippen LogP contribution is 2.41. The lowest BCUT2D eigenvalue weighted by Gasteiger charge is -2.27. The summed E-state index contributed by atoms with van der Waals surface area (Å²) in [5.41, 5.74) is 3.08. The van der Waals surface area contributed by atoms with Gasteiger partial charge in [-0.05, 0) is 60.7 Å². The molecule has 0 radical (unpaired) electrons. The van der Waals surface area contributed by atoms with Gasteiger partial charge in [0.25, 0.3) is 5.56 Å². The summed E-state index contributed by atoms with van der Waals surface area (Å²) in [5.74, 6) is 0.995. The van der Waals surface area contributed by atoms with Crippen molar-refractivity contribution >= 4 is 34.3 Å². The number of nitrogens with zero attached hydrogens (tertiary/aromatic N) is 3. The van der Waals surface area contributed by atoms with Gasteiger partial charge < -0.3 is 29.7 Å². The molecule has 6 bridgehead atoms. The van der Waals surface area contributed by atoms with E-state index in [0.717, 1.165) is 11.1 Å². The molecule has 0 spiro atoms. The van der Waals surface area contributed by atoms with Crippen LogP contribution in [0.25, 0.3) is 10.9 Å². The predicted octanol–water partition coefficient (Wildman–Crippen LogP) is 3.86.